The van der Waals surface area contributed by atoms with Crippen molar-refractivity contribution in [3.63, 3.8) is 0 Å². The number of anilines is 1. The number of hydrogen-bond donors (Lipinski definition) is 1. The predicted molar refractivity (Wildman–Crippen MR) is 60.2 cm³/mol. The molecule has 1 aromatic rings. The summed E-state index contributed by atoms with van der Waals surface area (Å²) in [5.41, 5.74) is 0.130. The Morgan fingerprint density at radius 2 is 2.36 bits per heavy atom. The van der Waals surface area contributed by atoms with E-state index >= 15 is 0 Å². The summed E-state index contributed by atoms with van der Waals surface area (Å²) in [5.74, 6) is 1.61. The molecule has 5 heteroatoms. The molecule has 0 aromatic carbocycles. The van der Waals surface area contributed by atoms with Crippen molar-refractivity contribution in [2.75, 3.05) is 11.2 Å². The summed E-state index contributed by atoms with van der Waals surface area (Å²) in [4.78, 5) is 4.41. The quantitative estimate of drug-likeness (QED) is 0.792. The van der Waals surface area contributed by atoms with Crippen LogP contribution in [0.25, 0.3) is 0 Å². The number of rotatable bonds is 5. The van der Waals surface area contributed by atoms with Crippen LogP contribution in [0.4, 0.5) is 5.13 Å². The Balaban J connectivity index is 1.96. The molecule has 78 valence electrons. The van der Waals surface area contributed by atoms with Crippen molar-refractivity contribution in [2.24, 2.45) is 0 Å². The van der Waals surface area contributed by atoms with Gasteiger partial charge in [0.05, 0.1) is 5.54 Å². The molecule has 0 aliphatic heterocycles. The largest absolute Gasteiger partial charge is 0.354 e. The zero-order chi connectivity index (χ0) is 10.0. The molecule has 0 atom stereocenters. The Morgan fingerprint density at radius 3 is 2.93 bits per heavy atom. The number of nitrogens with zero attached hydrogens (tertiary/aromatic N) is 2. The summed E-state index contributed by atoms with van der Waals surface area (Å²) < 4.78 is 4.28. The van der Waals surface area contributed by atoms with Gasteiger partial charge in [0, 0.05) is 23.8 Å². The van der Waals surface area contributed by atoms with E-state index in [2.05, 4.69) is 21.6 Å². The average molecular weight is 232 g/mol. The first-order chi connectivity index (χ1) is 6.78. The third-order valence-corrected chi connectivity index (χ3v) is 3.60. The van der Waals surface area contributed by atoms with Gasteiger partial charge in [0.25, 0.3) is 0 Å². The predicted octanol–water partition coefficient (Wildman–Crippen LogP) is 2.67. The maximum absolute atomic E-state index is 5.87. The molecular formula is C9H14ClN3S. The lowest BCUT2D eigenvalue weighted by molar-refractivity contribution is 0.824. The third kappa shape index (κ3) is 2.17. The zero-order valence-electron chi connectivity index (χ0n) is 8.22. The number of nitrogens with one attached hydrogen (secondary N) is 1. The second kappa shape index (κ2) is 4.03. The van der Waals surface area contributed by atoms with Crippen LogP contribution < -0.4 is 5.32 Å². The van der Waals surface area contributed by atoms with Crippen LogP contribution in [0.3, 0.4) is 0 Å². The minimum absolute atomic E-state index is 0.130. The number of aromatic nitrogens is 2. The van der Waals surface area contributed by atoms with Crippen LogP contribution in [0.5, 0.6) is 0 Å². The van der Waals surface area contributed by atoms with E-state index in [-0.39, 0.29) is 5.54 Å². The van der Waals surface area contributed by atoms with Gasteiger partial charge >= 0.3 is 0 Å². The highest BCUT2D eigenvalue weighted by Gasteiger charge is 2.42. The fraction of sp³-hybridized carbons (Fsp3) is 0.778. The Kier molecular flexibility index (Phi) is 2.93. The zero-order valence-corrected chi connectivity index (χ0v) is 9.79. The number of alkyl halides is 1. The molecule has 14 heavy (non-hydrogen) atoms. The highest BCUT2D eigenvalue weighted by molar-refractivity contribution is 7.09. The molecule has 1 aromatic heterocycles. The molecule has 0 spiro atoms. The molecule has 3 nitrogen and oxygen atoms in total. The van der Waals surface area contributed by atoms with Crippen LogP contribution in [0.15, 0.2) is 0 Å². The second-order valence-corrected chi connectivity index (χ2v) is 4.82. The van der Waals surface area contributed by atoms with Crippen molar-refractivity contribution in [3.05, 3.63) is 5.82 Å². The van der Waals surface area contributed by atoms with Gasteiger partial charge in [-0.1, -0.05) is 6.92 Å². The van der Waals surface area contributed by atoms with Crippen molar-refractivity contribution in [2.45, 2.75) is 38.1 Å². The van der Waals surface area contributed by atoms with E-state index in [0.717, 1.165) is 36.6 Å². The van der Waals surface area contributed by atoms with Crippen LogP contribution in [-0.4, -0.2) is 20.8 Å². The van der Waals surface area contributed by atoms with Gasteiger partial charge in [-0.25, -0.2) is 4.98 Å². The van der Waals surface area contributed by atoms with Gasteiger partial charge in [-0.15, -0.1) is 11.6 Å². The van der Waals surface area contributed by atoms with Crippen molar-refractivity contribution in [1.29, 1.82) is 0 Å². The summed E-state index contributed by atoms with van der Waals surface area (Å²) in [7, 11) is 0. The minimum Gasteiger partial charge on any atom is -0.354 e. The summed E-state index contributed by atoms with van der Waals surface area (Å²) in [6.45, 7) is 2.13. The van der Waals surface area contributed by atoms with Gasteiger partial charge in [-0.3, -0.25) is 0 Å². The Hall–Kier alpha value is -0.350. The monoisotopic (exact) mass is 231 g/mol. The normalized spacial score (nSPS) is 18.1. The molecule has 0 unspecified atom stereocenters. The number of halogens is 1. The first kappa shape index (κ1) is 10.2. The molecule has 1 fully saturated rings. The van der Waals surface area contributed by atoms with Crippen molar-refractivity contribution in [1.82, 2.24) is 9.36 Å². The fourth-order valence-electron chi connectivity index (χ4n) is 1.30. The van der Waals surface area contributed by atoms with E-state index in [1.165, 1.54) is 11.5 Å². The number of aryl methyl sites for hydroxylation is 1. The van der Waals surface area contributed by atoms with E-state index in [9.17, 15) is 0 Å². The molecular weight excluding hydrogens is 218 g/mol. The van der Waals surface area contributed by atoms with Gasteiger partial charge in [-0.05, 0) is 19.3 Å². The molecule has 1 aliphatic carbocycles. The van der Waals surface area contributed by atoms with Gasteiger partial charge in [0.15, 0.2) is 0 Å². The van der Waals surface area contributed by atoms with Crippen LogP contribution in [0.2, 0.25) is 0 Å². The van der Waals surface area contributed by atoms with Crippen LogP contribution >= 0.6 is 23.1 Å². The van der Waals surface area contributed by atoms with Gasteiger partial charge < -0.3 is 5.32 Å². The molecule has 0 saturated heterocycles. The average Bonchev–Trinajstić information content (AvgIpc) is 2.82. The molecule has 1 heterocycles. The fourth-order valence-corrected chi connectivity index (χ4v) is 2.37. The molecule has 1 N–H and O–H groups in total. The van der Waals surface area contributed by atoms with E-state index in [0.29, 0.717) is 5.88 Å². The van der Waals surface area contributed by atoms with Gasteiger partial charge in [0.1, 0.15) is 5.82 Å². The first-order valence-corrected chi connectivity index (χ1v) is 6.25. The maximum atomic E-state index is 5.87. The van der Waals surface area contributed by atoms with Gasteiger partial charge in [-0.2, -0.15) is 4.37 Å². The summed E-state index contributed by atoms with van der Waals surface area (Å²) >= 11 is 7.31. The topological polar surface area (TPSA) is 37.8 Å². The Labute approximate surface area is 93.1 Å². The summed E-state index contributed by atoms with van der Waals surface area (Å²) in [6, 6.07) is 0. The molecule has 1 aliphatic rings. The van der Waals surface area contributed by atoms with Crippen molar-refractivity contribution < 1.29 is 0 Å². The Morgan fingerprint density at radius 1 is 1.57 bits per heavy atom. The van der Waals surface area contributed by atoms with Crippen LogP contribution in [0, 0.1) is 0 Å². The molecule has 0 bridgehead atoms. The smallest absolute Gasteiger partial charge is 0.203 e. The van der Waals surface area contributed by atoms with Crippen LogP contribution in [-0.2, 0) is 6.42 Å². The number of hydrogen-bond acceptors (Lipinski definition) is 4. The molecule has 0 amide bonds. The standard InChI is InChI=1S/C9H14ClN3S/c1-2-3-7-11-8(14-13-7)12-9(6-10)4-5-9/h2-6H2,1H3,(H,11,12,13). The molecule has 1 saturated carbocycles. The summed E-state index contributed by atoms with van der Waals surface area (Å²) in [6.07, 6.45) is 4.36. The van der Waals surface area contributed by atoms with Gasteiger partial charge in [0.2, 0.25) is 5.13 Å². The van der Waals surface area contributed by atoms with Crippen molar-refractivity contribution in [3.8, 4) is 0 Å². The lowest BCUT2D eigenvalue weighted by atomic mass is 10.3. The Bertz CT molecular complexity index is 309. The van der Waals surface area contributed by atoms with Crippen LogP contribution in [0.1, 0.15) is 32.0 Å². The third-order valence-electron chi connectivity index (χ3n) is 2.42. The highest BCUT2D eigenvalue weighted by atomic mass is 35.5. The maximum Gasteiger partial charge on any atom is 0.203 e. The molecule has 0 radical (unpaired) electrons. The van der Waals surface area contributed by atoms with E-state index in [4.69, 9.17) is 11.6 Å². The first-order valence-electron chi connectivity index (χ1n) is 4.95. The van der Waals surface area contributed by atoms with Crippen molar-refractivity contribution >= 4 is 28.3 Å². The SMILES string of the molecule is CCCc1nsc(NC2(CCl)CC2)n1. The lowest BCUT2D eigenvalue weighted by Gasteiger charge is -2.11. The second-order valence-electron chi connectivity index (χ2n) is 3.80. The lowest BCUT2D eigenvalue weighted by Crippen LogP contribution is -2.22. The molecule has 2 rings (SSSR count). The van der Waals surface area contributed by atoms with E-state index < -0.39 is 0 Å². The van der Waals surface area contributed by atoms with E-state index in [1.807, 2.05) is 0 Å². The summed E-state index contributed by atoms with van der Waals surface area (Å²) in [5, 5.41) is 4.29. The highest BCUT2D eigenvalue weighted by Crippen LogP contribution is 2.40. The van der Waals surface area contributed by atoms with E-state index in [1.54, 1.807) is 0 Å². The minimum atomic E-state index is 0.130.